The second-order valence-corrected chi connectivity index (χ2v) is 10.2. The molecule has 0 saturated heterocycles. The van der Waals surface area contributed by atoms with Crippen LogP contribution >= 0.6 is 0 Å². The van der Waals surface area contributed by atoms with Crippen LogP contribution in [0.4, 0.5) is 13.2 Å². The molecule has 16 heavy (non-hydrogen) atoms. The van der Waals surface area contributed by atoms with Gasteiger partial charge in [-0.1, -0.05) is 20.8 Å². The summed E-state index contributed by atoms with van der Waals surface area (Å²) in [4.78, 5) is 0. The van der Waals surface area contributed by atoms with Gasteiger partial charge < -0.3 is 9.53 Å². The maximum absolute atomic E-state index is 12.6. The summed E-state index contributed by atoms with van der Waals surface area (Å²) in [5.41, 5.74) is 0. The summed E-state index contributed by atoms with van der Waals surface area (Å²) in [6, 6.07) is 0. The van der Waals surface area contributed by atoms with E-state index in [2.05, 4.69) is 0 Å². The van der Waals surface area contributed by atoms with E-state index in [0.29, 0.717) is 0 Å². The predicted molar refractivity (Wildman–Crippen MR) is 59.8 cm³/mol. The van der Waals surface area contributed by atoms with Crippen molar-refractivity contribution in [2.45, 2.75) is 57.6 Å². The van der Waals surface area contributed by atoms with Gasteiger partial charge in [-0.05, 0) is 18.1 Å². The minimum Gasteiger partial charge on any atom is -0.405 e. The fraction of sp³-hybridized carbons (Fsp3) is 1.00. The third-order valence-corrected chi connectivity index (χ3v) is 7.49. The molecule has 0 aromatic carbocycles. The number of rotatable bonds is 4. The normalized spacial score (nSPS) is 16.3. The molecule has 0 radical (unpaired) electrons. The molecule has 0 aromatic heterocycles. The molecule has 0 aliphatic rings. The van der Waals surface area contributed by atoms with E-state index in [9.17, 15) is 13.2 Å². The van der Waals surface area contributed by atoms with E-state index >= 15 is 0 Å². The number of aliphatic hydroxyl groups excluding tert-OH is 1. The molecule has 0 saturated carbocycles. The fourth-order valence-electron chi connectivity index (χ4n) is 0.939. The van der Waals surface area contributed by atoms with Gasteiger partial charge in [0.2, 0.25) is 0 Å². The lowest BCUT2D eigenvalue weighted by atomic mass is 10.2. The van der Waals surface area contributed by atoms with E-state index in [1.165, 1.54) is 0 Å². The molecule has 0 aliphatic carbocycles. The molecule has 0 spiro atoms. The Bertz CT molecular complexity index is 221. The van der Waals surface area contributed by atoms with Crippen LogP contribution in [0.1, 0.15) is 27.2 Å². The Morgan fingerprint density at radius 2 is 1.62 bits per heavy atom. The highest BCUT2D eigenvalue weighted by molar-refractivity contribution is 6.74. The molecule has 0 fully saturated rings. The van der Waals surface area contributed by atoms with Crippen LogP contribution in [0.25, 0.3) is 0 Å². The van der Waals surface area contributed by atoms with Gasteiger partial charge in [-0.25, -0.2) is 0 Å². The molecule has 1 atom stereocenters. The molecular formula is C10H21F3O2Si. The molecule has 6 heteroatoms. The second-order valence-electron chi connectivity index (χ2n) is 5.42. The average molecular weight is 258 g/mol. The van der Waals surface area contributed by atoms with Crippen molar-refractivity contribution in [2.24, 2.45) is 0 Å². The van der Waals surface area contributed by atoms with Crippen LogP contribution in [-0.4, -0.2) is 32.3 Å². The minimum absolute atomic E-state index is 0.272. The first-order valence-electron chi connectivity index (χ1n) is 5.27. The zero-order valence-corrected chi connectivity index (χ0v) is 11.5. The van der Waals surface area contributed by atoms with Gasteiger partial charge in [-0.3, -0.25) is 0 Å². The van der Waals surface area contributed by atoms with Crippen LogP contribution in [0.3, 0.4) is 0 Å². The Hall–Kier alpha value is -0.0731. The van der Waals surface area contributed by atoms with Crippen molar-refractivity contribution in [3.8, 4) is 0 Å². The van der Waals surface area contributed by atoms with E-state index in [1.807, 2.05) is 20.8 Å². The van der Waals surface area contributed by atoms with Crippen LogP contribution in [0.5, 0.6) is 0 Å². The number of alkyl halides is 3. The number of aliphatic hydroxyl groups is 1. The molecule has 0 aromatic rings. The Balaban J connectivity index is 4.76. The predicted octanol–water partition coefficient (Wildman–Crippen LogP) is 3.32. The van der Waals surface area contributed by atoms with E-state index in [-0.39, 0.29) is 5.04 Å². The SMILES string of the molecule is CC(C)(C)[Si](C)(C)O[C@H](CCO)C(F)(F)F. The van der Waals surface area contributed by atoms with Gasteiger partial charge in [0.05, 0.1) is 0 Å². The molecular weight excluding hydrogens is 237 g/mol. The summed E-state index contributed by atoms with van der Waals surface area (Å²) in [6.45, 7) is 8.66. The number of halogens is 3. The van der Waals surface area contributed by atoms with Crippen molar-refractivity contribution < 1.29 is 22.7 Å². The lowest BCUT2D eigenvalue weighted by Crippen LogP contribution is -2.48. The largest absolute Gasteiger partial charge is 0.413 e. The van der Waals surface area contributed by atoms with Crippen molar-refractivity contribution in [1.29, 1.82) is 0 Å². The van der Waals surface area contributed by atoms with Crippen molar-refractivity contribution in [1.82, 2.24) is 0 Å². The van der Waals surface area contributed by atoms with Crippen molar-refractivity contribution in [3.63, 3.8) is 0 Å². The van der Waals surface area contributed by atoms with Crippen LogP contribution in [0.2, 0.25) is 18.1 Å². The van der Waals surface area contributed by atoms with Gasteiger partial charge >= 0.3 is 6.18 Å². The average Bonchev–Trinajstić information content (AvgIpc) is 1.99. The van der Waals surface area contributed by atoms with E-state index in [4.69, 9.17) is 9.53 Å². The topological polar surface area (TPSA) is 29.5 Å². The lowest BCUT2D eigenvalue weighted by Gasteiger charge is -2.39. The molecule has 0 amide bonds. The highest BCUT2D eigenvalue weighted by Crippen LogP contribution is 2.40. The van der Waals surface area contributed by atoms with Crippen LogP contribution in [-0.2, 0) is 4.43 Å². The van der Waals surface area contributed by atoms with Crippen LogP contribution < -0.4 is 0 Å². The van der Waals surface area contributed by atoms with Gasteiger partial charge in [0.15, 0.2) is 8.32 Å². The van der Waals surface area contributed by atoms with Gasteiger partial charge in [0.1, 0.15) is 6.10 Å². The van der Waals surface area contributed by atoms with Crippen LogP contribution in [0, 0.1) is 0 Å². The number of hydrogen-bond donors (Lipinski definition) is 1. The van der Waals surface area contributed by atoms with Crippen molar-refractivity contribution >= 4 is 8.32 Å². The first-order chi connectivity index (χ1) is 6.92. The highest BCUT2D eigenvalue weighted by Gasteiger charge is 2.47. The monoisotopic (exact) mass is 258 g/mol. The van der Waals surface area contributed by atoms with E-state index < -0.39 is 33.6 Å². The third kappa shape index (κ3) is 4.43. The standard InChI is InChI=1S/C10H21F3O2Si/c1-9(2,3)16(4,5)15-8(6-7-14)10(11,12)13/h8,14H,6-7H2,1-5H3/t8-/m1/s1. The quantitative estimate of drug-likeness (QED) is 0.784. The zero-order valence-electron chi connectivity index (χ0n) is 10.5. The van der Waals surface area contributed by atoms with Crippen molar-refractivity contribution in [2.75, 3.05) is 6.61 Å². The Labute approximate surface area is 95.9 Å². The molecule has 1 N–H and O–H groups in total. The van der Waals surface area contributed by atoms with Gasteiger partial charge in [0, 0.05) is 13.0 Å². The third-order valence-electron chi connectivity index (χ3n) is 3.00. The molecule has 98 valence electrons. The molecule has 0 rings (SSSR count). The van der Waals surface area contributed by atoms with Gasteiger partial charge in [0.25, 0.3) is 0 Å². The molecule has 0 aliphatic heterocycles. The lowest BCUT2D eigenvalue weighted by molar-refractivity contribution is -0.202. The molecule has 0 bridgehead atoms. The summed E-state index contributed by atoms with van der Waals surface area (Å²) < 4.78 is 43.1. The second kappa shape index (κ2) is 5.06. The molecule has 0 heterocycles. The maximum atomic E-state index is 12.6. The maximum Gasteiger partial charge on any atom is 0.413 e. The Morgan fingerprint density at radius 3 is 1.88 bits per heavy atom. The van der Waals surface area contributed by atoms with E-state index in [0.717, 1.165) is 0 Å². The summed E-state index contributed by atoms with van der Waals surface area (Å²) in [7, 11) is -2.45. The molecule has 0 unspecified atom stereocenters. The fourth-order valence-corrected chi connectivity index (χ4v) is 2.26. The Morgan fingerprint density at radius 1 is 1.19 bits per heavy atom. The Kier molecular flexibility index (Phi) is 5.03. The van der Waals surface area contributed by atoms with Crippen molar-refractivity contribution in [3.05, 3.63) is 0 Å². The summed E-state index contributed by atoms with van der Waals surface area (Å²) >= 11 is 0. The summed E-state index contributed by atoms with van der Waals surface area (Å²) in [6.07, 6.45) is -6.65. The van der Waals surface area contributed by atoms with Gasteiger partial charge in [-0.15, -0.1) is 0 Å². The highest BCUT2D eigenvalue weighted by atomic mass is 28.4. The van der Waals surface area contributed by atoms with Crippen LogP contribution in [0.15, 0.2) is 0 Å². The smallest absolute Gasteiger partial charge is 0.405 e. The summed E-state index contributed by atoms with van der Waals surface area (Å²) in [5, 5.41) is 8.36. The molecule has 2 nitrogen and oxygen atoms in total. The minimum atomic E-state index is -4.40. The summed E-state index contributed by atoms with van der Waals surface area (Å²) in [5.74, 6) is 0. The first-order valence-corrected chi connectivity index (χ1v) is 8.18. The zero-order chi connectivity index (χ0) is 13.2. The van der Waals surface area contributed by atoms with E-state index in [1.54, 1.807) is 13.1 Å². The van der Waals surface area contributed by atoms with Gasteiger partial charge in [-0.2, -0.15) is 13.2 Å². The first kappa shape index (κ1) is 15.9. The number of hydrogen-bond acceptors (Lipinski definition) is 2.